The zero-order valence-corrected chi connectivity index (χ0v) is 14.8. The molecule has 9 nitrogen and oxygen atoms in total. The third-order valence-corrected chi connectivity index (χ3v) is 4.35. The topological polar surface area (TPSA) is 146 Å². The lowest BCUT2D eigenvalue weighted by molar-refractivity contribution is -0.288. The molecule has 0 bridgehead atoms. The fourth-order valence-electron chi connectivity index (χ4n) is 2.57. The molecule has 0 aromatic rings. The van der Waals surface area contributed by atoms with E-state index in [1.165, 1.54) is 6.42 Å². The Morgan fingerprint density at radius 3 is 2.25 bits per heavy atom. The average molecular weight is 372 g/mol. The maximum atomic E-state index is 10.9. The highest BCUT2D eigenvalue weighted by molar-refractivity contribution is 7.46. The van der Waals surface area contributed by atoms with Gasteiger partial charge in [-0.15, -0.1) is 0 Å². The third-order valence-electron chi connectivity index (χ3n) is 3.87. The van der Waals surface area contributed by atoms with Gasteiger partial charge in [0.2, 0.25) is 0 Å². The summed E-state index contributed by atoms with van der Waals surface area (Å²) in [5, 5.41) is 29.4. The van der Waals surface area contributed by atoms with Crippen LogP contribution in [0.25, 0.3) is 0 Å². The fraction of sp³-hybridized carbons (Fsp3) is 1.00. The van der Waals surface area contributed by atoms with Gasteiger partial charge in [-0.1, -0.05) is 39.0 Å². The number of phosphoric ester groups is 1. The normalized spacial score (nSPS) is 31.3. The molecule has 5 atom stereocenters. The number of aliphatic hydroxyl groups excluding tert-OH is 3. The van der Waals surface area contributed by atoms with E-state index in [2.05, 4.69) is 11.4 Å². The first kappa shape index (κ1) is 22.0. The maximum Gasteiger partial charge on any atom is 0.472 e. The first-order valence-electron chi connectivity index (χ1n) is 8.28. The molecule has 0 radical (unpaired) electrons. The summed E-state index contributed by atoms with van der Waals surface area (Å²) in [6.07, 6.45) is -0.725. The highest BCUT2D eigenvalue weighted by Gasteiger charge is 2.47. The van der Waals surface area contributed by atoms with Crippen molar-refractivity contribution in [1.82, 2.24) is 0 Å². The third kappa shape index (κ3) is 7.43. The predicted molar refractivity (Wildman–Crippen MR) is 84.0 cm³/mol. The summed E-state index contributed by atoms with van der Waals surface area (Å²) >= 11 is 0. The van der Waals surface area contributed by atoms with E-state index in [9.17, 15) is 19.9 Å². The Balaban J connectivity index is 2.50. The van der Waals surface area contributed by atoms with E-state index in [1.807, 2.05) is 0 Å². The Hall–Kier alpha value is -0.0900. The lowest BCUT2D eigenvalue weighted by Crippen LogP contribution is -2.59. The first-order valence-corrected chi connectivity index (χ1v) is 9.81. The zero-order chi connectivity index (χ0) is 18.2. The Bertz CT molecular complexity index is 388. The quantitative estimate of drug-likeness (QED) is 0.255. The number of hydrogen-bond acceptors (Lipinski definition) is 7. The van der Waals surface area contributed by atoms with Gasteiger partial charge < -0.3 is 34.6 Å². The minimum atomic E-state index is -4.91. The van der Waals surface area contributed by atoms with Crippen molar-refractivity contribution in [2.24, 2.45) is 0 Å². The van der Waals surface area contributed by atoms with Crippen molar-refractivity contribution in [3.05, 3.63) is 0 Å². The SMILES string of the molecule is CCCCCCCCO[C@@H]1[C@@H](O)[C@@H](OP(=O)(O)O)O[C@H](CO)[C@H]1O. The Morgan fingerprint density at radius 1 is 1.04 bits per heavy atom. The van der Waals surface area contributed by atoms with Crippen LogP contribution >= 0.6 is 7.82 Å². The Labute approximate surface area is 141 Å². The van der Waals surface area contributed by atoms with E-state index in [0.717, 1.165) is 32.1 Å². The van der Waals surface area contributed by atoms with Crippen LogP contribution in [0.4, 0.5) is 0 Å². The zero-order valence-electron chi connectivity index (χ0n) is 13.9. The Kier molecular flexibility index (Phi) is 9.88. The van der Waals surface area contributed by atoms with Gasteiger partial charge in [-0.25, -0.2) is 4.57 Å². The summed E-state index contributed by atoms with van der Waals surface area (Å²) in [7, 11) is -4.91. The van der Waals surface area contributed by atoms with Crippen LogP contribution in [0.5, 0.6) is 0 Å². The van der Waals surface area contributed by atoms with Crippen molar-refractivity contribution in [3.8, 4) is 0 Å². The molecule has 1 heterocycles. The molecule has 1 rings (SSSR count). The van der Waals surface area contributed by atoms with Gasteiger partial charge in [0, 0.05) is 6.61 Å². The molecule has 1 saturated heterocycles. The van der Waals surface area contributed by atoms with Gasteiger partial charge in [-0.05, 0) is 6.42 Å². The van der Waals surface area contributed by atoms with Crippen LogP contribution in [0.3, 0.4) is 0 Å². The van der Waals surface area contributed by atoms with Crippen LogP contribution in [0.15, 0.2) is 0 Å². The first-order chi connectivity index (χ1) is 11.3. The number of unbranched alkanes of at least 4 members (excludes halogenated alkanes) is 5. The number of phosphoric acid groups is 1. The van der Waals surface area contributed by atoms with Crippen molar-refractivity contribution in [2.45, 2.75) is 76.2 Å². The molecule has 0 aromatic carbocycles. The van der Waals surface area contributed by atoms with E-state index in [0.29, 0.717) is 0 Å². The fourth-order valence-corrected chi connectivity index (χ4v) is 3.02. The highest BCUT2D eigenvalue weighted by Crippen LogP contribution is 2.40. The molecule has 0 aromatic heterocycles. The largest absolute Gasteiger partial charge is 0.472 e. The highest BCUT2D eigenvalue weighted by atomic mass is 31.2. The van der Waals surface area contributed by atoms with Gasteiger partial charge in [-0.2, -0.15) is 0 Å². The van der Waals surface area contributed by atoms with Crippen LogP contribution in [0.2, 0.25) is 0 Å². The molecular formula is C14H29O9P. The van der Waals surface area contributed by atoms with E-state index < -0.39 is 45.1 Å². The van der Waals surface area contributed by atoms with Crippen molar-refractivity contribution in [2.75, 3.05) is 13.2 Å². The summed E-state index contributed by atoms with van der Waals surface area (Å²) in [5.41, 5.74) is 0. The van der Waals surface area contributed by atoms with E-state index in [-0.39, 0.29) is 6.61 Å². The van der Waals surface area contributed by atoms with Crippen molar-refractivity contribution in [1.29, 1.82) is 0 Å². The lowest BCUT2D eigenvalue weighted by atomic mass is 9.99. The summed E-state index contributed by atoms with van der Waals surface area (Å²) in [6, 6.07) is 0. The van der Waals surface area contributed by atoms with Gasteiger partial charge in [0.25, 0.3) is 0 Å². The van der Waals surface area contributed by atoms with Gasteiger partial charge in [0.1, 0.15) is 24.4 Å². The number of aliphatic hydroxyl groups is 3. The molecule has 0 amide bonds. The minimum Gasteiger partial charge on any atom is -0.394 e. The van der Waals surface area contributed by atoms with Crippen molar-refractivity contribution in [3.63, 3.8) is 0 Å². The standard InChI is InChI=1S/C14H29O9P/c1-2-3-4-5-6-7-8-21-13-11(16)10(9-15)22-14(12(13)17)23-24(18,19)20/h10-17H,2-9H2,1H3,(H2,18,19,20)/t10-,11-,12-,13+,14-/m1/s1. The van der Waals surface area contributed by atoms with Crippen LogP contribution in [0.1, 0.15) is 45.4 Å². The van der Waals surface area contributed by atoms with Crippen molar-refractivity contribution >= 4 is 7.82 Å². The monoisotopic (exact) mass is 372 g/mol. The molecule has 1 aliphatic heterocycles. The molecule has 0 saturated carbocycles. The Morgan fingerprint density at radius 2 is 1.67 bits per heavy atom. The molecule has 0 aliphatic carbocycles. The second-order valence-corrected chi connectivity index (χ2v) is 7.10. The van der Waals surface area contributed by atoms with Crippen LogP contribution in [-0.4, -0.2) is 69.0 Å². The second-order valence-electron chi connectivity index (χ2n) is 5.91. The second kappa shape index (κ2) is 10.8. The van der Waals surface area contributed by atoms with Gasteiger partial charge >= 0.3 is 7.82 Å². The summed E-state index contributed by atoms with van der Waals surface area (Å²) in [5.74, 6) is 0. The van der Waals surface area contributed by atoms with Crippen LogP contribution in [0, 0.1) is 0 Å². The molecule has 0 unspecified atom stereocenters. The van der Waals surface area contributed by atoms with E-state index in [1.54, 1.807) is 0 Å². The number of hydrogen-bond donors (Lipinski definition) is 5. The van der Waals surface area contributed by atoms with Gasteiger partial charge in [0.05, 0.1) is 6.61 Å². The molecule has 5 N–H and O–H groups in total. The summed E-state index contributed by atoms with van der Waals surface area (Å²) in [6.45, 7) is 1.79. The lowest BCUT2D eigenvalue weighted by Gasteiger charge is -2.41. The van der Waals surface area contributed by atoms with Gasteiger partial charge in [0.15, 0.2) is 6.29 Å². The number of ether oxygens (including phenoxy) is 2. The summed E-state index contributed by atoms with van der Waals surface area (Å²) in [4.78, 5) is 17.7. The van der Waals surface area contributed by atoms with Crippen molar-refractivity contribution < 1.29 is 43.7 Å². The van der Waals surface area contributed by atoms with E-state index >= 15 is 0 Å². The number of rotatable bonds is 11. The smallest absolute Gasteiger partial charge is 0.394 e. The molecular weight excluding hydrogens is 343 g/mol. The molecule has 24 heavy (non-hydrogen) atoms. The van der Waals surface area contributed by atoms with E-state index in [4.69, 9.17) is 19.3 Å². The molecule has 144 valence electrons. The maximum absolute atomic E-state index is 10.9. The van der Waals surface area contributed by atoms with Crippen LogP contribution in [-0.2, 0) is 18.6 Å². The van der Waals surface area contributed by atoms with Gasteiger partial charge in [-0.3, -0.25) is 4.52 Å². The minimum absolute atomic E-state index is 0.270. The molecule has 0 spiro atoms. The predicted octanol–water partition coefficient (Wildman–Crippen LogP) is 0.280. The summed E-state index contributed by atoms with van der Waals surface area (Å²) < 4.78 is 25.8. The molecule has 1 fully saturated rings. The molecule has 10 heteroatoms. The average Bonchev–Trinajstić information content (AvgIpc) is 2.50. The van der Waals surface area contributed by atoms with Crippen LogP contribution < -0.4 is 0 Å². The molecule has 1 aliphatic rings.